The molecule has 0 saturated heterocycles. The van der Waals surface area contributed by atoms with Crippen molar-refractivity contribution in [3.05, 3.63) is 147 Å². The highest BCUT2D eigenvalue weighted by atomic mass is 16.6. The number of carbonyl (C=O) groups excluding carboxylic acids is 4. The van der Waals surface area contributed by atoms with Crippen LogP contribution in [0, 0.1) is 10.1 Å². The first-order chi connectivity index (χ1) is 23.2. The number of nitro groups is 1. The van der Waals surface area contributed by atoms with Crippen molar-refractivity contribution in [2.24, 2.45) is 0 Å². The van der Waals surface area contributed by atoms with Gasteiger partial charge in [-0.15, -0.1) is 0 Å². The van der Waals surface area contributed by atoms with Gasteiger partial charge in [0.2, 0.25) is 5.78 Å². The predicted octanol–water partition coefficient (Wildman–Crippen LogP) is 5.72. The number of rotatable bonds is 13. The second-order valence-electron chi connectivity index (χ2n) is 10.4. The summed E-state index contributed by atoms with van der Waals surface area (Å²) in [5, 5.41) is 12.2. The van der Waals surface area contributed by atoms with Crippen LogP contribution in [0.1, 0.15) is 43.1 Å². The number of hydrogen-bond acceptors (Lipinski definition) is 11. The number of hydrogen-bond donors (Lipinski definition) is 0. The maximum absolute atomic E-state index is 13.6. The van der Waals surface area contributed by atoms with Crippen molar-refractivity contribution in [3.8, 4) is 5.75 Å². The number of esters is 3. The lowest BCUT2D eigenvalue weighted by atomic mass is 9.98. The number of pyridine rings is 1. The van der Waals surface area contributed by atoms with Crippen LogP contribution in [-0.2, 0) is 50.0 Å². The van der Waals surface area contributed by atoms with Crippen LogP contribution in [0.3, 0.4) is 0 Å². The summed E-state index contributed by atoms with van der Waals surface area (Å²) >= 11 is 0. The molecule has 0 aliphatic heterocycles. The number of carbonyl (C=O) groups is 4. The zero-order valence-electron chi connectivity index (χ0n) is 25.6. The summed E-state index contributed by atoms with van der Waals surface area (Å²) in [4.78, 5) is 68.4. The van der Waals surface area contributed by atoms with E-state index in [1.54, 1.807) is 91.0 Å². The number of nitro benzene ring substituents is 1. The second kappa shape index (κ2) is 15.2. The third-order valence-corrected chi connectivity index (χ3v) is 7.15. The van der Waals surface area contributed by atoms with E-state index in [9.17, 15) is 29.3 Å². The molecule has 1 aromatic heterocycles. The van der Waals surface area contributed by atoms with E-state index in [1.165, 1.54) is 7.11 Å². The lowest BCUT2D eigenvalue weighted by molar-refractivity contribution is -0.383. The molecule has 1 heterocycles. The van der Waals surface area contributed by atoms with Crippen molar-refractivity contribution in [2.75, 3.05) is 7.11 Å². The van der Waals surface area contributed by atoms with Crippen molar-refractivity contribution < 1.29 is 43.0 Å². The molecule has 4 aromatic carbocycles. The summed E-state index contributed by atoms with van der Waals surface area (Å²) in [6.07, 6.45) is -0.754. The van der Waals surface area contributed by atoms with Gasteiger partial charge in [0.25, 0.3) is 5.69 Å². The Morgan fingerprint density at radius 1 is 0.708 bits per heavy atom. The summed E-state index contributed by atoms with van der Waals surface area (Å²) in [5.41, 5.74) is 0.0630. The van der Waals surface area contributed by atoms with Gasteiger partial charge in [0.1, 0.15) is 36.8 Å². The number of aromatic nitrogens is 1. The first kappa shape index (κ1) is 32.9. The molecule has 0 aliphatic rings. The van der Waals surface area contributed by atoms with Gasteiger partial charge in [-0.25, -0.2) is 19.4 Å². The molecular weight excluding hydrogens is 620 g/mol. The Morgan fingerprint density at radius 2 is 1.21 bits per heavy atom. The van der Waals surface area contributed by atoms with Crippen LogP contribution < -0.4 is 4.74 Å². The van der Waals surface area contributed by atoms with E-state index in [0.29, 0.717) is 16.7 Å². The van der Waals surface area contributed by atoms with Gasteiger partial charge in [0.05, 0.1) is 23.0 Å². The predicted molar refractivity (Wildman–Crippen MR) is 171 cm³/mol. The van der Waals surface area contributed by atoms with Gasteiger partial charge < -0.3 is 18.9 Å². The maximum atomic E-state index is 13.6. The summed E-state index contributed by atoms with van der Waals surface area (Å²) in [6, 6.07) is 28.4. The van der Waals surface area contributed by atoms with E-state index in [-0.39, 0.29) is 47.7 Å². The summed E-state index contributed by atoms with van der Waals surface area (Å²) in [6.45, 7) is -0.474. The molecule has 0 saturated carbocycles. The van der Waals surface area contributed by atoms with Crippen LogP contribution in [0.4, 0.5) is 5.69 Å². The molecule has 0 unspecified atom stereocenters. The van der Waals surface area contributed by atoms with Gasteiger partial charge in [0, 0.05) is 12.0 Å². The first-order valence-electron chi connectivity index (χ1n) is 14.6. The SMILES string of the molecule is COc1cc(CC(=O)C(=O)OCc2ccccc2)c([N+](=O)[O-])c2c(C(=O)OCc3ccccc3)cc(C(=O)OCc3ccccc3)nc12. The number of Topliss-reactive ketones (excluding diaryl/α,β-unsaturated/α-hetero) is 1. The Bertz CT molecular complexity index is 1980. The quantitative estimate of drug-likeness (QED) is 0.0505. The summed E-state index contributed by atoms with van der Waals surface area (Å²) < 4.78 is 21.5. The maximum Gasteiger partial charge on any atom is 0.375 e. The smallest absolute Gasteiger partial charge is 0.375 e. The minimum absolute atomic E-state index is 0.105. The van der Waals surface area contributed by atoms with Crippen LogP contribution in [-0.4, -0.2) is 40.7 Å². The van der Waals surface area contributed by atoms with Crippen molar-refractivity contribution in [3.63, 3.8) is 0 Å². The monoisotopic (exact) mass is 648 g/mol. The standard InChI is InChI=1S/C36H28N2O10/c1-45-30-18-26(17-29(39)36(42)48-22-25-15-9-4-10-16-25)33(38(43)44)31-27(34(40)46-20-23-11-5-2-6-12-23)19-28(37-32(30)31)35(41)47-21-24-13-7-3-8-14-24/h2-16,18-19H,17,20-22H2,1H3. The van der Waals surface area contributed by atoms with Crippen LogP contribution in [0.5, 0.6) is 5.75 Å². The molecule has 0 atom stereocenters. The van der Waals surface area contributed by atoms with Gasteiger partial charge in [-0.2, -0.15) is 0 Å². The van der Waals surface area contributed by atoms with Crippen molar-refractivity contribution in [1.29, 1.82) is 0 Å². The van der Waals surface area contributed by atoms with E-state index in [0.717, 1.165) is 12.1 Å². The number of nitrogens with zero attached hydrogens (tertiary/aromatic N) is 2. The number of ether oxygens (including phenoxy) is 4. The minimum Gasteiger partial charge on any atom is -0.494 e. The normalized spacial score (nSPS) is 10.6. The van der Waals surface area contributed by atoms with Crippen LogP contribution in [0.25, 0.3) is 10.9 Å². The minimum atomic E-state index is -1.20. The molecule has 12 heteroatoms. The molecular formula is C36H28N2O10. The topological polar surface area (TPSA) is 161 Å². The molecule has 0 fully saturated rings. The Labute approximate surface area is 274 Å². The number of ketones is 1. The lowest BCUT2D eigenvalue weighted by Crippen LogP contribution is -2.20. The molecule has 0 aliphatic carbocycles. The highest BCUT2D eigenvalue weighted by Gasteiger charge is 2.32. The molecule has 0 spiro atoms. The Morgan fingerprint density at radius 3 is 1.71 bits per heavy atom. The lowest BCUT2D eigenvalue weighted by Gasteiger charge is -2.15. The summed E-state index contributed by atoms with van der Waals surface area (Å²) in [5.74, 6) is -4.31. The average Bonchev–Trinajstić information content (AvgIpc) is 3.12. The fourth-order valence-corrected chi connectivity index (χ4v) is 4.83. The van der Waals surface area contributed by atoms with E-state index >= 15 is 0 Å². The number of benzene rings is 4. The van der Waals surface area contributed by atoms with Crippen molar-refractivity contribution in [2.45, 2.75) is 26.2 Å². The zero-order valence-corrected chi connectivity index (χ0v) is 25.6. The van der Waals surface area contributed by atoms with E-state index in [4.69, 9.17) is 18.9 Å². The molecule has 48 heavy (non-hydrogen) atoms. The van der Waals surface area contributed by atoms with Crippen LogP contribution in [0.2, 0.25) is 0 Å². The molecule has 5 rings (SSSR count). The third-order valence-electron chi connectivity index (χ3n) is 7.15. The van der Waals surface area contributed by atoms with E-state index < -0.39 is 46.3 Å². The Hall–Kier alpha value is -6.43. The highest BCUT2D eigenvalue weighted by molar-refractivity contribution is 6.34. The molecule has 0 N–H and O–H groups in total. The molecule has 0 bridgehead atoms. The zero-order chi connectivity index (χ0) is 34.0. The van der Waals surface area contributed by atoms with E-state index in [1.807, 2.05) is 0 Å². The average molecular weight is 649 g/mol. The van der Waals surface area contributed by atoms with Crippen LogP contribution >= 0.6 is 0 Å². The summed E-state index contributed by atoms with van der Waals surface area (Å²) in [7, 11) is 1.25. The molecule has 242 valence electrons. The molecule has 5 aromatic rings. The Kier molecular flexibility index (Phi) is 10.5. The second-order valence-corrected chi connectivity index (χ2v) is 10.4. The van der Waals surface area contributed by atoms with E-state index in [2.05, 4.69) is 4.98 Å². The molecule has 0 radical (unpaired) electrons. The third kappa shape index (κ3) is 7.85. The largest absolute Gasteiger partial charge is 0.494 e. The first-order valence-corrected chi connectivity index (χ1v) is 14.6. The Balaban J connectivity index is 1.55. The van der Waals surface area contributed by atoms with Gasteiger partial charge in [0.15, 0.2) is 0 Å². The molecule has 0 amide bonds. The van der Waals surface area contributed by atoms with Gasteiger partial charge in [-0.3, -0.25) is 14.9 Å². The molecule has 12 nitrogen and oxygen atoms in total. The van der Waals surface area contributed by atoms with Crippen molar-refractivity contribution >= 4 is 40.3 Å². The van der Waals surface area contributed by atoms with Gasteiger partial charge in [-0.05, 0) is 28.8 Å². The van der Waals surface area contributed by atoms with Crippen molar-refractivity contribution in [1.82, 2.24) is 4.98 Å². The number of methoxy groups -OCH3 is 1. The fraction of sp³-hybridized carbons (Fsp3) is 0.139. The van der Waals surface area contributed by atoms with Crippen LogP contribution in [0.15, 0.2) is 103 Å². The number of fused-ring (bicyclic) bond motifs is 1. The highest BCUT2D eigenvalue weighted by Crippen LogP contribution is 2.39. The van der Waals surface area contributed by atoms with Gasteiger partial charge in [-0.1, -0.05) is 91.0 Å². The fourth-order valence-electron chi connectivity index (χ4n) is 4.83. The van der Waals surface area contributed by atoms with Gasteiger partial charge >= 0.3 is 17.9 Å².